The van der Waals surface area contributed by atoms with Crippen molar-refractivity contribution >= 4 is 39.6 Å². The largest absolute Gasteiger partial charge is 0.707 e. The molecule has 2 N–H and O–H groups in total. The van der Waals surface area contributed by atoms with Gasteiger partial charge in [-0.25, -0.2) is 4.57 Å². The number of aromatic nitrogens is 1. The molecule has 0 fully saturated rings. The molecule has 0 atom stereocenters. The third kappa shape index (κ3) is 9.85. The Bertz CT molecular complexity index is 1490. The molecule has 0 unspecified atom stereocenters. The molecule has 1 heterocycles. The molecular formula is C37H47BNO3+. The number of fused-ring (bicyclic) bond motifs is 4. The van der Waals surface area contributed by atoms with Gasteiger partial charge in [-0.15, -0.1) is 0 Å². The minimum Gasteiger partial charge on any atom is -0.511 e. The summed E-state index contributed by atoms with van der Waals surface area (Å²) in [6.07, 6.45) is 21.4. The maximum atomic E-state index is 9.14. The van der Waals surface area contributed by atoms with Gasteiger partial charge in [0, 0.05) is 23.9 Å². The van der Waals surface area contributed by atoms with Crippen molar-refractivity contribution in [2.24, 2.45) is 0 Å². The maximum Gasteiger partial charge on any atom is 0.707 e. The van der Waals surface area contributed by atoms with Crippen LogP contribution >= 0.6 is 0 Å². The third-order valence-electron chi connectivity index (χ3n) is 7.97. The number of nitrogens with zero attached hydrogens (tertiary/aromatic N) is 1. The summed E-state index contributed by atoms with van der Waals surface area (Å²) in [5.74, 6) is 0.466. The van der Waals surface area contributed by atoms with Crippen LogP contribution < -0.4 is 9.22 Å². The summed E-state index contributed by atoms with van der Waals surface area (Å²) < 4.78 is 7.45. The average molecular weight is 565 g/mol. The number of hydrogen-bond acceptors (Lipinski definition) is 3. The standard InChI is InChI=1S/C19H34N.C18H13BO3/c1-2-3-4-5-6-7-8-9-10-11-12-14-17-20-18-15-13-16-19-20;20-19(21)22-17-7-3-6-12-8-9-15-10-13-4-1-2-5-14(13)11-16(15)18(12)17/h13,15-16,18-19H,2-12,14,17H2,1H3;1-11,20-21H/q+1;. The van der Waals surface area contributed by atoms with Crippen LogP contribution in [0.4, 0.5) is 0 Å². The lowest BCUT2D eigenvalue weighted by Crippen LogP contribution is -2.32. The Morgan fingerprint density at radius 3 is 1.79 bits per heavy atom. The molecule has 5 rings (SSSR count). The topological polar surface area (TPSA) is 53.6 Å². The Balaban J connectivity index is 0.000000194. The molecule has 0 spiro atoms. The molecule has 1 aromatic heterocycles. The summed E-state index contributed by atoms with van der Waals surface area (Å²) in [4.78, 5) is 0. The first-order valence-corrected chi connectivity index (χ1v) is 16.0. The van der Waals surface area contributed by atoms with E-state index >= 15 is 0 Å². The molecule has 0 amide bonds. The molecule has 0 saturated carbocycles. The predicted molar refractivity (Wildman–Crippen MR) is 177 cm³/mol. The molecule has 0 aliphatic carbocycles. The highest BCUT2D eigenvalue weighted by molar-refractivity contribution is 6.34. The highest BCUT2D eigenvalue weighted by atomic mass is 16.6. The first-order valence-electron chi connectivity index (χ1n) is 16.0. The maximum absolute atomic E-state index is 9.14. The molecule has 4 aromatic carbocycles. The zero-order valence-electron chi connectivity index (χ0n) is 25.3. The summed E-state index contributed by atoms with van der Waals surface area (Å²) in [6, 6.07) is 28.4. The van der Waals surface area contributed by atoms with Gasteiger partial charge in [0.1, 0.15) is 12.3 Å². The van der Waals surface area contributed by atoms with Crippen LogP contribution in [0.25, 0.3) is 32.3 Å². The predicted octanol–water partition coefficient (Wildman–Crippen LogP) is 9.17. The molecule has 0 bridgehead atoms. The van der Waals surface area contributed by atoms with Crippen LogP contribution in [0.15, 0.2) is 97.3 Å². The Kier molecular flexibility index (Phi) is 13.2. The molecule has 5 heteroatoms. The van der Waals surface area contributed by atoms with E-state index in [4.69, 9.17) is 14.7 Å². The second kappa shape index (κ2) is 17.5. The van der Waals surface area contributed by atoms with E-state index in [2.05, 4.69) is 72.4 Å². The van der Waals surface area contributed by atoms with Crippen molar-refractivity contribution in [3.63, 3.8) is 0 Å². The van der Waals surface area contributed by atoms with Crippen LogP contribution in [0, 0.1) is 0 Å². The first kappa shape index (κ1) is 31.5. The fourth-order valence-electron chi connectivity index (χ4n) is 5.70. The van der Waals surface area contributed by atoms with E-state index in [1.165, 1.54) is 89.0 Å². The Morgan fingerprint density at radius 2 is 1.14 bits per heavy atom. The van der Waals surface area contributed by atoms with Gasteiger partial charge in [-0.1, -0.05) is 126 Å². The van der Waals surface area contributed by atoms with Crippen molar-refractivity contribution < 1.29 is 19.3 Å². The van der Waals surface area contributed by atoms with E-state index in [1.54, 1.807) is 6.07 Å². The second-order valence-corrected chi connectivity index (χ2v) is 11.3. The average Bonchev–Trinajstić information content (AvgIpc) is 3.01. The lowest BCUT2D eigenvalue weighted by Gasteiger charge is -2.12. The number of benzene rings is 4. The van der Waals surface area contributed by atoms with E-state index in [0.29, 0.717) is 5.75 Å². The zero-order chi connectivity index (χ0) is 29.4. The van der Waals surface area contributed by atoms with Crippen LogP contribution in [-0.4, -0.2) is 17.4 Å². The van der Waals surface area contributed by atoms with E-state index in [9.17, 15) is 0 Å². The van der Waals surface area contributed by atoms with Crippen molar-refractivity contribution in [2.45, 2.75) is 90.5 Å². The van der Waals surface area contributed by atoms with Gasteiger partial charge < -0.3 is 14.7 Å². The summed E-state index contributed by atoms with van der Waals surface area (Å²) in [5.41, 5.74) is 0. The lowest BCUT2D eigenvalue weighted by molar-refractivity contribution is -0.697. The van der Waals surface area contributed by atoms with E-state index in [0.717, 1.165) is 26.9 Å². The van der Waals surface area contributed by atoms with Crippen LogP contribution in [0.3, 0.4) is 0 Å². The summed E-state index contributed by atoms with van der Waals surface area (Å²) in [6.45, 7) is 3.47. The smallest absolute Gasteiger partial charge is 0.511 e. The zero-order valence-corrected chi connectivity index (χ0v) is 25.3. The Morgan fingerprint density at radius 1 is 0.571 bits per heavy atom. The molecular weight excluding hydrogens is 517 g/mol. The van der Waals surface area contributed by atoms with Gasteiger partial charge >= 0.3 is 7.32 Å². The molecule has 0 saturated heterocycles. The SMILES string of the molecule is CCCCCCCCCCCCCC[n+]1ccccc1.OB(O)Oc1cccc2ccc3cc4ccccc4cc3c12. The number of aryl methyl sites for hydroxylation is 1. The van der Waals surface area contributed by atoms with Crippen molar-refractivity contribution in [1.82, 2.24) is 0 Å². The van der Waals surface area contributed by atoms with Gasteiger partial charge in [0.05, 0.1) is 0 Å². The molecule has 42 heavy (non-hydrogen) atoms. The lowest BCUT2D eigenvalue weighted by atomic mass is 9.97. The number of hydrogen-bond donors (Lipinski definition) is 2. The minimum absolute atomic E-state index is 0.466. The van der Waals surface area contributed by atoms with Crippen molar-refractivity contribution in [1.29, 1.82) is 0 Å². The van der Waals surface area contributed by atoms with Gasteiger partial charge in [0.15, 0.2) is 12.4 Å². The number of pyridine rings is 1. The molecule has 220 valence electrons. The highest BCUT2D eigenvalue weighted by Crippen LogP contribution is 2.35. The first-order chi connectivity index (χ1) is 20.7. The summed E-state index contributed by atoms with van der Waals surface area (Å²) >= 11 is 0. The van der Waals surface area contributed by atoms with Gasteiger partial charge in [0.2, 0.25) is 0 Å². The normalized spacial score (nSPS) is 11.0. The Hall–Kier alpha value is -3.41. The quantitative estimate of drug-likeness (QED) is 0.0438. The second-order valence-electron chi connectivity index (χ2n) is 11.3. The van der Waals surface area contributed by atoms with E-state index in [1.807, 2.05) is 30.3 Å². The molecule has 0 radical (unpaired) electrons. The third-order valence-corrected chi connectivity index (χ3v) is 7.97. The van der Waals surface area contributed by atoms with Crippen molar-refractivity contribution in [3.05, 3.63) is 97.3 Å². The number of unbranched alkanes of at least 4 members (excludes halogenated alkanes) is 11. The van der Waals surface area contributed by atoms with Gasteiger partial charge in [0.25, 0.3) is 0 Å². The van der Waals surface area contributed by atoms with Gasteiger partial charge in [-0.05, 0) is 51.6 Å². The van der Waals surface area contributed by atoms with Gasteiger partial charge in [-0.2, -0.15) is 0 Å². The number of rotatable bonds is 15. The summed E-state index contributed by atoms with van der Waals surface area (Å²) in [5, 5.41) is 24.6. The van der Waals surface area contributed by atoms with Crippen molar-refractivity contribution in [3.8, 4) is 5.75 Å². The van der Waals surface area contributed by atoms with E-state index < -0.39 is 7.32 Å². The fraction of sp³-hybridized carbons (Fsp3) is 0.378. The van der Waals surface area contributed by atoms with Gasteiger partial charge in [-0.3, -0.25) is 0 Å². The van der Waals surface area contributed by atoms with Crippen LogP contribution in [0.1, 0.15) is 84.0 Å². The monoisotopic (exact) mass is 564 g/mol. The molecule has 4 nitrogen and oxygen atoms in total. The Labute approximate surface area is 252 Å². The van der Waals surface area contributed by atoms with Crippen LogP contribution in [-0.2, 0) is 6.54 Å². The fourth-order valence-corrected chi connectivity index (χ4v) is 5.70. The van der Waals surface area contributed by atoms with Crippen molar-refractivity contribution in [2.75, 3.05) is 0 Å². The van der Waals surface area contributed by atoms with Crippen LogP contribution in [0.2, 0.25) is 0 Å². The molecule has 0 aliphatic heterocycles. The van der Waals surface area contributed by atoms with E-state index in [-0.39, 0.29) is 0 Å². The molecule has 5 aromatic rings. The minimum atomic E-state index is -1.83. The summed E-state index contributed by atoms with van der Waals surface area (Å²) in [7, 11) is -1.83. The molecule has 0 aliphatic rings. The van der Waals surface area contributed by atoms with Crippen LogP contribution in [0.5, 0.6) is 5.75 Å². The highest BCUT2D eigenvalue weighted by Gasteiger charge is 2.15.